The van der Waals surface area contributed by atoms with Crippen LogP contribution in [-0.4, -0.2) is 13.0 Å². The standard InChI is InChI=1S/C14H17FN2O/c1-4-14(5-2,10-16)13(18)17(3)12-8-6-11(15)7-9-12/h6-9H,4-5H2,1-3H3. The molecule has 0 aliphatic heterocycles. The topological polar surface area (TPSA) is 44.1 Å². The second-order valence-corrected chi connectivity index (χ2v) is 4.24. The molecular formula is C14H17FN2O. The summed E-state index contributed by atoms with van der Waals surface area (Å²) in [6.45, 7) is 3.65. The van der Waals surface area contributed by atoms with E-state index in [-0.39, 0.29) is 11.7 Å². The summed E-state index contributed by atoms with van der Waals surface area (Å²) in [4.78, 5) is 13.8. The Morgan fingerprint density at radius 3 is 2.22 bits per heavy atom. The third kappa shape index (κ3) is 2.51. The average molecular weight is 248 g/mol. The second-order valence-electron chi connectivity index (χ2n) is 4.24. The molecule has 0 saturated heterocycles. The fourth-order valence-corrected chi connectivity index (χ4v) is 1.86. The number of hydrogen-bond donors (Lipinski definition) is 0. The van der Waals surface area contributed by atoms with E-state index in [1.807, 2.05) is 13.8 Å². The lowest BCUT2D eigenvalue weighted by atomic mass is 9.82. The van der Waals surface area contributed by atoms with Gasteiger partial charge in [0.05, 0.1) is 6.07 Å². The first-order valence-corrected chi connectivity index (χ1v) is 5.95. The van der Waals surface area contributed by atoms with E-state index in [0.717, 1.165) is 0 Å². The Kier molecular flexibility index (Phi) is 4.43. The minimum absolute atomic E-state index is 0.249. The van der Waals surface area contributed by atoms with Gasteiger partial charge >= 0.3 is 0 Å². The molecule has 0 aliphatic rings. The zero-order chi connectivity index (χ0) is 13.8. The minimum atomic E-state index is -0.997. The predicted octanol–water partition coefficient (Wildman–Crippen LogP) is 3.12. The molecule has 0 aliphatic carbocycles. The molecule has 0 atom stereocenters. The average Bonchev–Trinajstić information content (AvgIpc) is 2.41. The number of anilines is 1. The van der Waals surface area contributed by atoms with Crippen LogP contribution < -0.4 is 4.90 Å². The lowest BCUT2D eigenvalue weighted by Gasteiger charge is -2.28. The van der Waals surface area contributed by atoms with Gasteiger partial charge in [0.1, 0.15) is 11.2 Å². The van der Waals surface area contributed by atoms with Crippen LogP contribution in [0.3, 0.4) is 0 Å². The van der Waals surface area contributed by atoms with Gasteiger partial charge in [0.2, 0.25) is 5.91 Å². The maximum Gasteiger partial charge on any atom is 0.247 e. The van der Waals surface area contributed by atoms with Gasteiger partial charge in [0, 0.05) is 12.7 Å². The molecule has 18 heavy (non-hydrogen) atoms. The number of rotatable bonds is 4. The first kappa shape index (κ1) is 14.2. The van der Waals surface area contributed by atoms with E-state index in [2.05, 4.69) is 6.07 Å². The minimum Gasteiger partial charge on any atom is -0.314 e. The van der Waals surface area contributed by atoms with Crippen LogP contribution in [0.4, 0.5) is 10.1 Å². The van der Waals surface area contributed by atoms with Gasteiger partial charge in [0.15, 0.2) is 0 Å². The van der Waals surface area contributed by atoms with Crippen LogP contribution in [-0.2, 0) is 4.79 Å². The maximum atomic E-state index is 12.8. The molecule has 0 bridgehead atoms. The first-order valence-electron chi connectivity index (χ1n) is 5.95. The van der Waals surface area contributed by atoms with E-state index in [9.17, 15) is 14.4 Å². The molecule has 1 rings (SSSR count). The number of halogens is 1. The van der Waals surface area contributed by atoms with Crippen molar-refractivity contribution in [2.45, 2.75) is 26.7 Å². The highest BCUT2D eigenvalue weighted by Crippen LogP contribution is 2.29. The Morgan fingerprint density at radius 1 is 1.33 bits per heavy atom. The molecule has 1 aromatic carbocycles. The van der Waals surface area contributed by atoms with Crippen molar-refractivity contribution >= 4 is 11.6 Å². The quantitative estimate of drug-likeness (QED) is 0.821. The normalized spacial score (nSPS) is 10.8. The third-order valence-corrected chi connectivity index (χ3v) is 3.35. The summed E-state index contributed by atoms with van der Waals surface area (Å²) in [6.07, 6.45) is 0.925. The van der Waals surface area contributed by atoms with Crippen LogP contribution in [0.25, 0.3) is 0 Å². The number of benzene rings is 1. The Morgan fingerprint density at radius 2 is 1.83 bits per heavy atom. The Bertz CT molecular complexity index is 458. The van der Waals surface area contributed by atoms with Crippen LogP contribution in [0.5, 0.6) is 0 Å². The molecule has 0 saturated carbocycles. The smallest absolute Gasteiger partial charge is 0.247 e. The first-order chi connectivity index (χ1) is 8.50. The summed E-state index contributed by atoms with van der Waals surface area (Å²) in [5.74, 6) is -0.598. The van der Waals surface area contributed by atoms with Crippen LogP contribution >= 0.6 is 0 Å². The molecule has 0 radical (unpaired) electrons. The van der Waals surface area contributed by atoms with Crippen molar-refractivity contribution in [1.29, 1.82) is 5.26 Å². The molecule has 3 nitrogen and oxygen atoms in total. The van der Waals surface area contributed by atoms with Crippen molar-refractivity contribution in [3.05, 3.63) is 30.1 Å². The van der Waals surface area contributed by atoms with Crippen LogP contribution in [0.1, 0.15) is 26.7 Å². The van der Waals surface area contributed by atoms with Gasteiger partial charge in [-0.15, -0.1) is 0 Å². The SMILES string of the molecule is CCC(C#N)(CC)C(=O)N(C)c1ccc(F)cc1. The molecule has 0 aromatic heterocycles. The molecule has 96 valence electrons. The monoisotopic (exact) mass is 248 g/mol. The highest BCUT2D eigenvalue weighted by atomic mass is 19.1. The van der Waals surface area contributed by atoms with Crippen molar-refractivity contribution in [1.82, 2.24) is 0 Å². The van der Waals surface area contributed by atoms with E-state index in [4.69, 9.17) is 0 Å². The van der Waals surface area contributed by atoms with Crippen LogP contribution in [0, 0.1) is 22.6 Å². The number of amides is 1. The molecule has 0 heterocycles. The van der Waals surface area contributed by atoms with Gasteiger partial charge in [-0.1, -0.05) is 13.8 Å². The van der Waals surface area contributed by atoms with E-state index in [1.54, 1.807) is 7.05 Å². The van der Waals surface area contributed by atoms with Gasteiger partial charge in [-0.25, -0.2) is 4.39 Å². The Balaban J connectivity index is 3.03. The zero-order valence-electron chi connectivity index (χ0n) is 10.9. The number of carbonyl (C=O) groups excluding carboxylic acids is 1. The van der Waals surface area contributed by atoms with Crippen molar-refractivity contribution < 1.29 is 9.18 Å². The van der Waals surface area contributed by atoms with E-state index < -0.39 is 5.41 Å². The molecule has 1 aromatic rings. The summed E-state index contributed by atoms with van der Waals surface area (Å²) >= 11 is 0. The van der Waals surface area contributed by atoms with Crippen molar-refractivity contribution in [2.75, 3.05) is 11.9 Å². The molecule has 0 unspecified atom stereocenters. The predicted molar refractivity (Wildman–Crippen MR) is 68.4 cm³/mol. The van der Waals surface area contributed by atoms with Crippen molar-refractivity contribution in [3.63, 3.8) is 0 Å². The maximum absolute atomic E-state index is 12.8. The van der Waals surface area contributed by atoms with Crippen molar-refractivity contribution in [2.24, 2.45) is 5.41 Å². The molecular weight excluding hydrogens is 231 g/mol. The van der Waals surface area contributed by atoms with Gasteiger partial charge in [-0.05, 0) is 37.1 Å². The number of hydrogen-bond acceptors (Lipinski definition) is 2. The highest BCUT2D eigenvalue weighted by molar-refractivity contribution is 5.98. The van der Waals surface area contributed by atoms with Gasteiger partial charge < -0.3 is 4.90 Å². The summed E-state index contributed by atoms with van der Waals surface area (Å²) in [5, 5.41) is 9.23. The summed E-state index contributed by atoms with van der Waals surface area (Å²) < 4.78 is 12.8. The largest absolute Gasteiger partial charge is 0.314 e. The highest BCUT2D eigenvalue weighted by Gasteiger charge is 2.37. The van der Waals surface area contributed by atoms with E-state index in [1.165, 1.54) is 29.2 Å². The lowest BCUT2D eigenvalue weighted by Crippen LogP contribution is -2.40. The summed E-state index contributed by atoms with van der Waals surface area (Å²) in [6, 6.07) is 7.76. The lowest BCUT2D eigenvalue weighted by molar-refractivity contribution is -0.125. The third-order valence-electron chi connectivity index (χ3n) is 3.35. The molecule has 0 N–H and O–H groups in total. The second kappa shape index (κ2) is 5.63. The van der Waals surface area contributed by atoms with Crippen LogP contribution in [0.15, 0.2) is 24.3 Å². The fraction of sp³-hybridized carbons (Fsp3) is 0.429. The number of nitriles is 1. The van der Waals surface area contributed by atoms with E-state index >= 15 is 0 Å². The molecule has 1 amide bonds. The van der Waals surface area contributed by atoms with Gasteiger partial charge in [0.25, 0.3) is 0 Å². The van der Waals surface area contributed by atoms with Crippen LogP contribution in [0.2, 0.25) is 0 Å². The molecule has 0 fully saturated rings. The molecule has 0 spiro atoms. The summed E-state index contributed by atoms with van der Waals surface area (Å²) in [7, 11) is 1.60. The molecule has 4 heteroatoms. The van der Waals surface area contributed by atoms with Gasteiger partial charge in [-0.3, -0.25) is 4.79 Å². The number of carbonyl (C=O) groups is 1. The Labute approximate surface area is 107 Å². The van der Waals surface area contributed by atoms with E-state index in [0.29, 0.717) is 18.5 Å². The fourth-order valence-electron chi connectivity index (χ4n) is 1.86. The Hall–Kier alpha value is -1.89. The summed E-state index contributed by atoms with van der Waals surface area (Å²) in [5.41, 5.74) is -0.411. The number of nitrogens with zero attached hydrogens (tertiary/aromatic N) is 2. The van der Waals surface area contributed by atoms with Crippen molar-refractivity contribution in [3.8, 4) is 6.07 Å². The van der Waals surface area contributed by atoms with Gasteiger partial charge in [-0.2, -0.15) is 5.26 Å². The zero-order valence-corrected chi connectivity index (χ0v) is 10.9.